The van der Waals surface area contributed by atoms with Gasteiger partial charge in [0.05, 0.1) is 23.8 Å². The van der Waals surface area contributed by atoms with Gasteiger partial charge in [0.25, 0.3) is 0 Å². The molecule has 1 aliphatic heterocycles. The first-order valence-electron chi connectivity index (χ1n) is 6.26. The van der Waals surface area contributed by atoms with Crippen LogP contribution in [0.2, 0.25) is 0 Å². The number of nitrogen functional groups attached to an aromatic ring is 1. The number of aryl methyl sites for hydroxylation is 1. The fourth-order valence-corrected chi connectivity index (χ4v) is 3.04. The van der Waals surface area contributed by atoms with E-state index in [1.807, 2.05) is 19.2 Å². The molecular formula is C13H16N4OS. The van der Waals surface area contributed by atoms with E-state index in [0.717, 1.165) is 48.3 Å². The summed E-state index contributed by atoms with van der Waals surface area (Å²) in [5.41, 5.74) is 7.86. The van der Waals surface area contributed by atoms with E-state index < -0.39 is 0 Å². The molecule has 1 fully saturated rings. The fraction of sp³-hybridized carbons (Fsp3) is 0.385. The van der Waals surface area contributed by atoms with Crippen LogP contribution in [-0.4, -0.2) is 36.3 Å². The molecule has 0 saturated carbocycles. The summed E-state index contributed by atoms with van der Waals surface area (Å²) in [6.45, 7) is 5.29. The number of ether oxygens (including phenoxy) is 1. The SMILES string of the molecule is Cc1nc(N)sc1-c1ccnc(N2CCOCC2)c1. The van der Waals surface area contributed by atoms with Crippen molar-refractivity contribution in [3.8, 4) is 10.4 Å². The number of rotatable bonds is 2. The summed E-state index contributed by atoms with van der Waals surface area (Å²) in [7, 11) is 0. The van der Waals surface area contributed by atoms with Gasteiger partial charge in [-0.25, -0.2) is 9.97 Å². The lowest BCUT2D eigenvalue weighted by molar-refractivity contribution is 0.122. The van der Waals surface area contributed by atoms with E-state index >= 15 is 0 Å². The maximum absolute atomic E-state index is 5.76. The summed E-state index contributed by atoms with van der Waals surface area (Å²) >= 11 is 1.52. The second-order valence-electron chi connectivity index (χ2n) is 4.47. The van der Waals surface area contributed by atoms with Gasteiger partial charge in [-0.2, -0.15) is 0 Å². The molecule has 2 aromatic heterocycles. The summed E-state index contributed by atoms with van der Waals surface area (Å²) in [5, 5.41) is 0.609. The van der Waals surface area contributed by atoms with Crippen molar-refractivity contribution >= 4 is 22.3 Å². The topological polar surface area (TPSA) is 64.3 Å². The number of anilines is 2. The fourth-order valence-electron chi connectivity index (χ4n) is 2.21. The zero-order chi connectivity index (χ0) is 13.2. The molecule has 19 heavy (non-hydrogen) atoms. The van der Waals surface area contributed by atoms with E-state index in [4.69, 9.17) is 10.5 Å². The van der Waals surface area contributed by atoms with Crippen LogP contribution < -0.4 is 10.6 Å². The van der Waals surface area contributed by atoms with Crippen LogP contribution in [0.15, 0.2) is 18.3 Å². The molecule has 100 valence electrons. The molecule has 1 saturated heterocycles. The number of thiazole rings is 1. The van der Waals surface area contributed by atoms with Gasteiger partial charge in [0.2, 0.25) is 0 Å². The Labute approximate surface area is 116 Å². The zero-order valence-corrected chi connectivity index (χ0v) is 11.6. The predicted molar refractivity (Wildman–Crippen MR) is 77.5 cm³/mol. The Balaban J connectivity index is 1.93. The number of aromatic nitrogens is 2. The Morgan fingerprint density at radius 3 is 2.84 bits per heavy atom. The highest BCUT2D eigenvalue weighted by Gasteiger charge is 2.14. The van der Waals surface area contributed by atoms with Gasteiger partial charge in [-0.1, -0.05) is 11.3 Å². The second kappa shape index (κ2) is 5.14. The highest BCUT2D eigenvalue weighted by atomic mass is 32.1. The number of morpholine rings is 1. The largest absolute Gasteiger partial charge is 0.378 e. The van der Waals surface area contributed by atoms with Crippen molar-refractivity contribution in [1.29, 1.82) is 0 Å². The molecule has 2 aromatic rings. The lowest BCUT2D eigenvalue weighted by atomic mass is 10.2. The van der Waals surface area contributed by atoms with E-state index in [2.05, 4.69) is 20.9 Å². The van der Waals surface area contributed by atoms with Crippen molar-refractivity contribution in [2.24, 2.45) is 0 Å². The average Bonchev–Trinajstić information content (AvgIpc) is 2.79. The normalized spacial score (nSPS) is 15.7. The van der Waals surface area contributed by atoms with Crippen LogP contribution in [0.4, 0.5) is 10.9 Å². The molecule has 0 bridgehead atoms. The lowest BCUT2D eigenvalue weighted by Gasteiger charge is -2.27. The summed E-state index contributed by atoms with van der Waals surface area (Å²) in [5.74, 6) is 0.993. The Morgan fingerprint density at radius 1 is 1.37 bits per heavy atom. The maximum Gasteiger partial charge on any atom is 0.180 e. The van der Waals surface area contributed by atoms with Gasteiger partial charge in [-0.15, -0.1) is 0 Å². The molecule has 0 amide bonds. The van der Waals surface area contributed by atoms with Crippen LogP contribution in [0.3, 0.4) is 0 Å². The van der Waals surface area contributed by atoms with Gasteiger partial charge in [0, 0.05) is 19.3 Å². The summed E-state index contributed by atoms with van der Waals surface area (Å²) < 4.78 is 5.36. The molecule has 3 heterocycles. The minimum atomic E-state index is 0.609. The summed E-state index contributed by atoms with van der Waals surface area (Å²) in [4.78, 5) is 12.1. The zero-order valence-electron chi connectivity index (χ0n) is 10.8. The first kappa shape index (κ1) is 12.4. The van der Waals surface area contributed by atoms with E-state index in [9.17, 15) is 0 Å². The third kappa shape index (κ3) is 2.54. The monoisotopic (exact) mass is 276 g/mol. The van der Waals surface area contributed by atoms with E-state index in [-0.39, 0.29) is 0 Å². The molecule has 5 nitrogen and oxygen atoms in total. The van der Waals surface area contributed by atoms with E-state index in [1.165, 1.54) is 11.3 Å². The molecule has 0 radical (unpaired) electrons. The molecule has 0 atom stereocenters. The second-order valence-corrected chi connectivity index (χ2v) is 5.50. The summed E-state index contributed by atoms with van der Waals surface area (Å²) in [6, 6.07) is 4.11. The Hall–Kier alpha value is -1.66. The first-order chi connectivity index (χ1) is 9.24. The van der Waals surface area contributed by atoms with Crippen LogP contribution in [0.25, 0.3) is 10.4 Å². The highest BCUT2D eigenvalue weighted by Crippen LogP contribution is 2.32. The number of hydrogen-bond acceptors (Lipinski definition) is 6. The Kier molecular flexibility index (Phi) is 3.35. The van der Waals surface area contributed by atoms with Crippen molar-refractivity contribution in [3.63, 3.8) is 0 Å². The average molecular weight is 276 g/mol. The van der Waals surface area contributed by atoms with Gasteiger partial charge < -0.3 is 15.4 Å². The van der Waals surface area contributed by atoms with Crippen LogP contribution in [0.1, 0.15) is 5.69 Å². The van der Waals surface area contributed by atoms with Crippen molar-refractivity contribution in [1.82, 2.24) is 9.97 Å². The molecule has 1 aliphatic rings. The van der Waals surface area contributed by atoms with Crippen molar-refractivity contribution in [2.75, 3.05) is 36.9 Å². The molecule has 2 N–H and O–H groups in total. The maximum atomic E-state index is 5.76. The molecule has 0 spiro atoms. The van der Waals surface area contributed by atoms with Crippen LogP contribution >= 0.6 is 11.3 Å². The smallest absolute Gasteiger partial charge is 0.180 e. The minimum absolute atomic E-state index is 0.609. The van der Waals surface area contributed by atoms with Gasteiger partial charge in [0.1, 0.15) is 5.82 Å². The van der Waals surface area contributed by atoms with Gasteiger partial charge >= 0.3 is 0 Å². The molecule has 0 aromatic carbocycles. The van der Waals surface area contributed by atoms with E-state index in [1.54, 1.807) is 0 Å². The number of hydrogen-bond donors (Lipinski definition) is 1. The Bertz CT molecular complexity index is 578. The van der Waals surface area contributed by atoms with Gasteiger partial charge in [-0.05, 0) is 24.6 Å². The molecule has 6 heteroatoms. The lowest BCUT2D eigenvalue weighted by Crippen LogP contribution is -2.36. The van der Waals surface area contributed by atoms with E-state index in [0.29, 0.717) is 5.13 Å². The highest BCUT2D eigenvalue weighted by molar-refractivity contribution is 7.18. The molecule has 3 rings (SSSR count). The molecule has 0 aliphatic carbocycles. The predicted octanol–water partition coefficient (Wildman–Crippen LogP) is 1.93. The van der Waals surface area contributed by atoms with Crippen molar-refractivity contribution < 1.29 is 4.74 Å². The third-order valence-corrected chi connectivity index (χ3v) is 4.19. The quantitative estimate of drug-likeness (QED) is 0.908. The summed E-state index contributed by atoms with van der Waals surface area (Å²) in [6.07, 6.45) is 1.84. The van der Waals surface area contributed by atoms with Crippen molar-refractivity contribution in [2.45, 2.75) is 6.92 Å². The third-order valence-electron chi connectivity index (χ3n) is 3.16. The number of nitrogens with two attached hydrogens (primary N) is 1. The standard InChI is InChI=1S/C13H16N4OS/c1-9-12(19-13(14)16-9)10-2-3-15-11(8-10)17-4-6-18-7-5-17/h2-3,8H,4-7H2,1H3,(H2,14,16). The van der Waals surface area contributed by atoms with Crippen LogP contribution in [0, 0.1) is 6.92 Å². The van der Waals surface area contributed by atoms with Crippen LogP contribution in [0.5, 0.6) is 0 Å². The molecular weight excluding hydrogens is 260 g/mol. The molecule has 0 unspecified atom stereocenters. The first-order valence-corrected chi connectivity index (χ1v) is 7.08. The number of pyridine rings is 1. The van der Waals surface area contributed by atoms with Gasteiger partial charge in [-0.3, -0.25) is 0 Å². The Morgan fingerprint density at radius 2 is 2.16 bits per heavy atom. The van der Waals surface area contributed by atoms with Crippen molar-refractivity contribution in [3.05, 3.63) is 24.0 Å². The number of nitrogens with zero attached hydrogens (tertiary/aromatic N) is 3. The van der Waals surface area contributed by atoms with Gasteiger partial charge in [0.15, 0.2) is 5.13 Å². The van der Waals surface area contributed by atoms with Crippen LogP contribution in [-0.2, 0) is 4.74 Å². The minimum Gasteiger partial charge on any atom is -0.378 e.